The van der Waals surface area contributed by atoms with Crippen molar-refractivity contribution in [3.8, 4) is 0 Å². The quantitative estimate of drug-likeness (QED) is 0.543. The first-order valence-corrected chi connectivity index (χ1v) is 7.28. The number of hydrogen-bond acceptors (Lipinski definition) is 0. The van der Waals surface area contributed by atoms with Crippen molar-refractivity contribution in [2.24, 2.45) is 5.41 Å². The van der Waals surface area contributed by atoms with E-state index in [1.54, 1.807) is 0 Å². The Kier molecular flexibility index (Phi) is 8.14. The summed E-state index contributed by atoms with van der Waals surface area (Å²) in [7, 11) is 0. The number of rotatable bonds is 3. The highest BCUT2D eigenvalue weighted by atomic mass is 14.1. The second-order valence-electron chi connectivity index (χ2n) is 5.97. The third kappa shape index (κ3) is 8.42. The Morgan fingerprint density at radius 1 is 0.947 bits per heavy atom. The van der Waals surface area contributed by atoms with Crippen LogP contribution in [0.25, 0.3) is 5.57 Å². The summed E-state index contributed by atoms with van der Waals surface area (Å²) in [6, 6.07) is 10.5. The van der Waals surface area contributed by atoms with E-state index in [-0.39, 0.29) is 0 Å². The third-order valence-corrected chi connectivity index (χ3v) is 2.66. The summed E-state index contributed by atoms with van der Waals surface area (Å²) in [5.41, 5.74) is 4.42. The molecule has 0 aliphatic carbocycles. The zero-order valence-electron chi connectivity index (χ0n) is 13.7. The van der Waals surface area contributed by atoms with Gasteiger partial charge in [0.25, 0.3) is 0 Å². The Morgan fingerprint density at radius 2 is 1.47 bits per heavy atom. The maximum Gasteiger partial charge on any atom is -0.0227 e. The highest BCUT2D eigenvalue weighted by molar-refractivity contribution is 5.65. The predicted octanol–water partition coefficient (Wildman–Crippen LogP) is 6.50. The zero-order valence-corrected chi connectivity index (χ0v) is 13.7. The van der Waals surface area contributed by atoms with E-state index < -0.39 is 0 Å². The lowest BCUT2D eigenvalue weighted by Gasteiger charge is -2.18. The van der Waals surface area contributed by atoms with Crippen LogP contribution in [0.2, 0.25) is 0 Å². The van der Waals surface area contributed by atoms with Crippen LogP contribution in [0.15, 0.2) is 48.1 Å². The van der Waals surface area contributed by atoms with Crippen molar-refractivity contribution >= 4 is 5.57 Å². The van der Waals surface area contributed by atoms with Gasteiger partial charge in [-0.25, -0.2) is 0 Å². The van der Waals surface area contributed by atoms with E-state index in [0.29, 0.717) is 5.41 Å². The van der Waals surface area contributed by atoms with Gasteiger partial charge in [0, 0.05) is 0 Å². The van der Waals surface area contributed by atoms with Gasteiger partial charge < -0.3 is 0 Å². The average molecular weight is 258 g/mol. The number of allylic oxidation sites excluding steroid dienone is 4. The topological polar surface area (TPSA) is 0 Å². The van der Waals surface area contributed by atoms with Crippen molar-refractivity contribution < 1.29 is 0 Å². The fourth-order valence-electron chi connectivity index (χ4n) is 1.96. The van der Waals surface area contributed by atoms with Gasteiger partial charge in [0.1, 0.15) is 0 Å². The van der Waals surface area contributed by atoms with Crippen LogP contribution in [0.5, 0.6) is 0 Å². The summed E-state index contributed by atoms with van der Waals surface area (Å²) in [5, 5.41) is 0. The summed E-state index contributed by atoms with van der Waals surface area (Å²) in [6.07, 6.45) is 5.61. The molecular weight excluding hydrogens is 228 g/mol. The Bertz CT molecular complexity index is 399. The van der Waals surface area contributed by atoms with E-state index >= 15 is 0 Å². The highest BCUT2D eigenvalue weighted by Crippen LogP contribution is 2.24. The predicted molar refractivity (Wildman–Crippen MR) is 89.3 cm³/mol. The molecule has 0 radical (unpaired) electrons. The van der Waals surface area contributed by atoms with Gasteiger partial charge >= 0.3 is 0 Å². The summed E-state index contributed by atoms with van der Waals surface area (Å²) in [5.74, 6) is 0. The van der Waals surface area contributed by atoms with Gasteiger partial charge in [-0.2, -0.15) is 0 Å². The molecule has 0 unspecified atom stereocenters. The molecule has 1 aromatic rings. The van der Waals surface area contributed by atoms with Gasteiger partial charge in [-0.3, -0.25) is 0 Å². The van der Waals surface area contributed by atoms with Crippen LogP contribution in [-0.2, 0) is 0 Å². The fraction of sp³-hybridized carbons (Fsp3) is 0.474. The van der Waals surface area contributed by atoms with E-state index in [1.807, 2.05) is 13.8 Å². The lowest BCUT2D eigenvalue weighted by molar-refractivity contribution is 0.410. The molecule has 0 saturated heterocycles. The molecule has 1 aromatic carbocycles. The molecule has 0 N–H and O–H groups in total. The van der Waals surface area contributed by atoms with Gasteiger partial charge in [0.05, 0.1) is 0 Å². The zero-order chi connectivity index (χ0) is 14.9. The van der Waals surface area contributed by atoms with Crippen molar-refractivity contribution in [3.05, 3.63) is 53.6 Å². The van der Waals surface area contributed by atoms with Gasteiger partial charge in [0.2, 0.25) is 0 Å². The first-order chi connectivity index (χ1) is 8.88. The Morgan fingerprint density at radius 3 is 1.95 bits per heavy atom. The molecule has 1 rings (SSSR count). The molecular formula is C19H30. The standard InChI is InChI=1S/C17H24.C2H6/c1-14(13-17(3,4)5)11-12-15(2)16-9-7-6-8-10-16;1-2/h6-12H,13H2,1-5H3;1-2H3/b14-11+,15-12+;. The third-order valence-electron chi connectivity index (χ3n) is 2.66. The molecule has 0 aliphatic heterocycles. The van der Waals surface area contributed by atoms with Crippen LogP contribution < -0.4 is 0 Å². The minimum absolute atomic E-state index is 0.370. The van der Waals surface area contributed by atoms with Crippen LogP contribution in [0.4, 0.5) is 0 Å². The van der Waals surface area contributed by atoms with Gasteiger partial charge in [-0.1, -0.05) is 82.7 Å². The first-order valence-electron chi connectivity index (χ1n) is 7.28. The van der Waals surface area contributed by atoms with Gasteiger partial charge in [-0.05, 0) is 36.8 Å². The van der Waals surface area contributed by atoms with Crippen LogP contribution in [0, 0.1) is 5.41 Å². The van der Waals surface area contributed by atoms with Crippen LogP contribution in [0.3, 0.4) is 0 Å². The van der Waals surface area contributed by atoms with Crippen molar-refractivity contribution in [1.82, 2.24) is 0 Å². The second-order valence-corrected chi connectivity index (χ2v) is 5.97. The monoisotopic (exact) mass is 258 g/mol. The molecule has 19 heavy (non-hydrogen) atoms. The number of benzene rings is 1. The molecule has 0 atom stereocenters. The van der Waals surface area contributed by atoms with Crippen molar-refractivity contribution in [2.75, 3.05) is 0 Å². The van der Waals surface area contributed by atoms with Gasteiger partial charge in [0.15, 0.2) is 0 Å². The number of hydrogen-bond donors (Lipinski definition) is 0. The van der Waals surface area contributed by atoms with Gasteiger partial charge in [-0.15, -0.1) is 0 Å². The second kappa shape index (κ2) is 8.74. The Hall–Kier alpha value is -1.30. The molecule has 0 nitrogen and oxygen atoms in total. The minimum Gasteiger partial charge on any atom is -0.0728 e. The molecule has 0 amide bonds. The lowest BCUT2D eigenvalue weighted by Crippen LogP contribution is -2.04. The summed E-state index contributed by atoms with van der Waals surface area (Å²) >= 11 is 0. The average Bonchev–Trinajstić information content (AvgIpc) is 2.37. The van der Waals surface area contributed by atoms with Crippen LogP contribution in [-0.4, -0.2) is 0 Å². The van der Waals surface area contributed by atoms with E-state index in [0.717, 1.165) is 6.42 Å². The summed E-state index contributed by atoms with van der Waals surface area (Å²) < 4.78 is 0. The van der Waals surface area contributed by atoms with E-state index in [2.05, 4.69) is 77.1 Å². The smallest absolute Gasteiger partial charge is 0.0227 e. The lowest BCUT2D eigenvalue weighted by atomic mass is 9.88. The molecule has 0 heterocycles. The van der Waals surface area contributed by atoms with Crippen molar-refractivity contribution in [1.29, 1.82) is 0 Å². The minimum atomic E-state index is 0.370. The molecule has 0 fully saturated rings. The van der Waals surface area contributed by atoms with Crippen molar-refractivity contribution in [3.63, 3.8) is 0 Å². The molecule has 0 aliphatic rings. The fourth-order valence-corrected chi connectivity index (χ4v) is 1.96. The van der Waals surface area contributed by atoms with E-state index in [4.69, 9.17) is 0 Å². The highest BCUT2D eigenvalue weighted by Gasteiger charge is 2.09. The maximum absolute atomic E-state index is 2.28. The summed E-state index contributed by atoms with van der Waals surface area (Å²) in [6.45, 7) is 15.2. The van der Waals surface area contributed by atoms with Crippen LogP contribution >= 0.6 is 0 Å². The van der Waals surface area contributed by atoms with E-state index in [1.165, 1.54) is 16.7 Å². The summed E-state index contributed by atoms with van der Waals surface area (Å²) in [4.78, 5) is 0. The molecule has 0 saturated carbocycles. The van der Waals surface area contributed by atoms with Crippen molar-refractivity contribution in [2.45, 2.75) is 54.9 Å². The molecule has 0 spiro atoms. The van der Waals surface area contributed by atoms with E-state index in [9.17, 15) is 0 Å². The normalized spacial score (nSPS) is 12.8. The largest absolute Gasteiger partial charge is 0.0728 e. The molecule has 0 aromatic heterocycles. The molecule has 106 valence electrons. The Labute approximate surface area is 120 Å². The molecule has 0 heteroatoms. The van der Waals surface area contributed by atoms with Crippen LogP contribution in [0.1, 0.15) is 60.5 Å². The Balaban J connectivity index is 0.00000154. The first kappa shape index (κ1) is 17.7. The molecule has 0 bridgehead atoms. The SMILES string of the molecule is C/C(=C\C=C(/C)c1ccccc1)CC(C)(C)C.CC. The maximum atomic E-state index is 2.28.